The number of benzene rings is 2. The van der Waals surface area contributed by atoms with Gasteiger partial charge in [-0.25, -0.2) is 0 Å². The van der Waals surface area contributed by atoms with Crippen molar-refractivity contribution in [1.82, 2.24) is 15.1 Å². The van der Waals surface area contributed by atoms with Gasteiger partial charge in [-0.2, -0.15) is 0 Å². The number of likely N-dealkylation sites (N-methyl/N-ethyl adjacent to an activating group) is 1. The molecule has 27 heavy (non-hydrogen) atoms. The molecule has 0 aliphatic carbocycles. The molecule has 2 unspecified atom stereocenters. The highest BCUT2D eigenvalue weighted by Crippen LogP contribution is 2.51. The Morgan fingerprint density at radius 3 is 2.56 bits per heavy atom. The molecule has 3 nitrogen and oxygen atoms in total. The van der Waals surface area contributed by atoms with Crippen LogP contribution in [0, 0.1) is 0 Å². The third kappa shape index (κ3) is 3.10. The van der Waals surface area contributed by atoms with Crippen LogP contribution in [0.2, 0.25) is 5.02 Å². The number of rotatable bonds is 3. The van der Waals surface area contributed by atoms with Crippen LogP contribution in [-0.2, 0) is 0 Å². The summed E-state index contributed by atoms with van der Waals surface area (Å²) in [6, 6.07) is 20.0. The summed E-state index contributed by atoms with van der Waals surface area (Å²) < 4.78 is 0. The summed E-state index contributed by atoms with van der Waals surface area (Å²) in [5.74, 6) is 0.873. The van der Waals surface area contributed by atoms with Crippen molar-refractivity contribution in [3.8, 4) is 10.6 Å². The lowest BCUT2D eigenvalue weighted by molar-refractivity contribution is 0.137. The lowest BCUT2D eigenvalue weighted by Gasteiger charge is -2.42. The molecule has 4 atom stereocenters. The van der Waals surface area contributed by atoms with Crippen LogP contribution in [0.5, 0.6) is 0 Å². The van der Waals surface area contributed by atoms with Crippen molar-refractivity contribution in [3.63, 3.8) is 0 Å². The Kier molecular flexibility index (Phi) is 4.50. The summed E-state index contributed by atoms with van der Waals surface area (Å²) in [6.45, 7) is 0. The van der Waals surface area contributed by atoms with Crippen LogP contribution in [0.15, 0.2) is 54.6 Å². The normalized spacial score (nSPS) is 27.8. The van der Waals surface area contributed by atoms with Gasteiger partial charge in [0.05, 0.1) is 0 Å². The van der Waals surface area contributed by atoms with Crippen molar-refractivity contribution in [2.75, 3.05) is 7.05 Å². The van der Waals surface area contributed by atoms with E-state index < -0.39 is 0 Å². The van der Waals surface area contributed by atoms with Gasteiger partial charge in [-0.1, -0.05) is 65.4 Å². The van der Waals surface area contributed by atoms with E-state index in [1.807, 2.05) is 18.2 Å². The van der Waals surface area contributed by atoms with Gasteiger partial charge in [-0.05, 0) is 49.9 Å². The number of hydrogen-bond acceptors (Lipinski definition) is 4. The maximum Gasteiger partial charge on any atom is 0.147 e. The highest BCUT2D eigenvalue weighted by molar-refractivity contribution is 7.14. The van der Waals surface area contributed by atoms with Crippen molar-refractivity contribution in [3.05, 3.63) is 70.2 Å². The van der Waals surface area contributed by atoms with Crippen molar-refractivity contribution >= 4 is 22.9 Å². The molecule has 2 fully saturated rings. The van der Waals surface area contributed by atoms with Gasteiger partial charge >= 0.3 is 0 Å². The average Bonchev–Trinajstić information content (AvgIpc) is 3.26. The van der Waals surface area contributed by atoms with E-state index in [-0.39, 0.29) is 0 Å². The fraction of sp³-hybridized carbons (Fsp3) is 0.364. The van der Waals surface area contributed by atoms with Crippen LogP contribution >= 0.6 is 22.9 Å². The zero-order valence-corrected chi connectivity index (χ0v) is 16.8. The standard InChI is InChI=1S/C22H22ClN3S/c1-26-17-11-12-19(26)20(18(13-17)14-7-9-16(23)10-8-14)22-25-24-21(27-22)15-5-3-2-4-6-15/h2-10,17-20H,11-13H2,1H3/t17-,18-,19?,20?/m1/s1. The van der Waals surface area contributed by atoms with Gasteiger partial charge in [-0.3, -0.25) is 4.90 Å². The fourth-order valence-corrected chi connectivity index (χ4v) is 6.12. The second-order valence-corrected chi connectivity index (χ2v) is 9.14. The van der Waals surface area contributed by atoms with Crippen LogP contribution in [-0.4, -0.2) is 34.2 Å². The third-order valence-electron chi connectivity index (χ3n) is 6.31. The summed E-state index contributed by atoms with van der Waals surface area (Å²) in [4.78, 5) is 2.58. The van der Waals surface area contributed by atoms with Crippen molar-refractivity contribution in [1.29, 1.82) is 0 Å². The lowest BCUT2D eigenvalue weighted by Crippen LogP contribution is -2.44. The van der Waals surface area contributed by atoms with E-state index in [0.717, 1.165) is 15.6 Å². The molecular formula is C22H22ClN3S. The first-order valence-electron chi connectivity index (χ1n) is 9.57. The van der Waals surface area contributed by atoms with Gasteiger partial charge < -0.3 is 0 Å². The second-order valence-electron chi connectivity index (χ2n) is 7.69. The lowest BCUT2D eigenvalue weighted by atomic mass is 9.76. The molecule has 0 amide bonds. The van der Waals surface area contributed by atoms with Crippen LogP contribution in [0.3, 0.4) is 0 Å². The second kappa shape index (κ2) is 7.01. The molecule has 0 N–H and O–H groups in total. The molecule has 3 heterocycles. The molecule has 2 bridgehead atoms. The molecule has 2 aliphatic rings. The van der Waals surface area contributed by atoms with E-state index in [0.29, 0.717) is 23.9 Å². The smallest absolute Gasteiger partial charge is 0.147 e. The third-order valence-corrected chi connectivity index (χ3v) is 7.64. The number of nitrogens with zero attached hydrogens (tertiary/aromatic N) is 3. The summed E-state index contributed by atoms with van der Waals surface area (Å²) in [5, 5.41) is 12.2. The molecular weight excluding hydrogens is 374 g/mol. The molecule has 1 aromatic heterocycles. The first-order chi connectivity index (χ1) is 13.2. The molecule has 2 saturated heterocycles. The van der Waals surface area contributed by atoms with Crippen LogP contribution in [0.4, 0.5) is 0 Å². The molecule has 0 spiro atoms. The van der Waals surface area contributed by atoms with E-state index in [2.05, 4.69) is 58.5 Å². The molecule has 3 aromatic rings. The largest absolute Gasteiger partial charge is 0.300 e. The minimum atomic E-state index is 0.393. The van der Waals surface area contributed by atoms with E-state index in [1.54, 1.807) is 11.3 Å². The summed E-state index contributed by atoms with van der Waals surface area (Å²) >= 11 is 7.90. The number of halogens is 1. The first kappa shape index (κ1) is 17.4. The zero-order chi connectivity index (χ0) is 18.4. The molecule has 0 radical (unpaired) electrons. The van der Waals surface area contributed by atoms with Crippen molar-refractivity contribution in [2.45, 2.75) is 43.2 Å². The van der Waals surface area contributed by atoms with Gasteiger partial charge in [-0.15, -0.1) is 10.2 Å². The van der Waals surface area contributed by atoms with E-state index >= 15 is 0 Å². The van der Waals surface area contributed by atoms with Crippen LogP contribution < -0.4 is 0 Å². The van der Waals surface area contributed by atoms with Crippen molar-refractivity contribution < 1.29 is 0 Å². The first-order valence-corrected chi connectivity index (χ1v) is 10.8. The fourth-order valence-electron chi connectivity index (χ4n) is 4.92. The molecule has 5 heteroatoms. The summed E-state index contributed by atoms with van der Waals surface area (Å²) in [7, 11) is 2.28. The highest BCUT2D eigenvalue weighted by atomic mass is 35.5. The molecule has 0 saturated carbocycles. The van der Waals surface area contributed by atoms with Gasteiger partial charge in [0, 0.05) is 28.6 Å². The number of fused-ring (bicyclic) bond motifs is 2. The zero-order valence-electron chi connectivity index (χ0n) is 15.3. The van der Waals surface area contributed by atoms with Crippen molar-refractivity contribution in [2.24, 2.45) is 0 Å². The maximum absolute atomic E-state index is 6.14. The highest BCUT2D eigenvalue weighted by Gasteiger charge is 2.47. The van der Waals surface area contributed by atoms with Gasteiger partial charge in [0.2, 0.25) is 0 Å². The van der Waals surface area contributed by atoms with E-state index in [4.69, 9.17) is 11.6 Å². The Balaban J connectivity index is 1.54. The molecule has 138 valence electrons. The van der Waals surface area contributed by atoms with Gasteiger partial charge in [0.25, 0.3) is 0 Å². The average molecular weight is 396 g/mol. The number of aromatic nitrogens is 2. The maximum atomic E-state index is 6.14. The Hall–Kier alpha value is -1.75. The van der Waals surface area contributed by atoms with Crippen LogP contribution in [0.25, 0.3) is 10.6 Å². The van der Waals surface area contributed by atoms with Crippen LogP contribution in [0.1, 0.15) is 41.7 Å². The topological polar surface area (TPSA) is 29.0 Å². The Labute approximate surface area is 169 Å². The Morgan fingerprint density at radius 1 is 1.00 bits per heavy atom. The Morgan fingerprint density at radius 2 is 1.78 bits per heavy atom. The monoisotopic (exact) mass is 395 g/mol. The predicted molar refractivity (Wildman–Crippen MR) is 111 cm³/mol. The minimum Gasteiger partial charge on any atom is -0.300 e. The minimum absolute atomic E-state index is 0.393. The molecule has 5 rings (SSSR count). The van der Waals surface area contributed by atoms with Gasteiger partial charge in [0.1, 0.15) is 10.0 Å². The summed E-state index contributed by atoms with van der Waals surface area (Å²) in [5.41, 5.74) is 2.53. The predicted octanol–water partition coefficient (Wildman–Crippen LogP) is 5.59. The summed E-state index contributed by atoms with van der Waals surface area (Å²) in [6.07, 6.45) is 3.71. The molecule has 2 aliphatic heterocycles. The SMILES string of the molecule is CN1C2CC[C@@H]1C[C@H](c1ccc(Cl)cc1)C2c1nnc(-c2ccccc2)s1. The number of piperidine rings is 1. The quantitative estimate of drug-likeness (QED) is 0.578. The van der Waals surface area contributed by atoms with E-state index in [1.165, 1.54) is 29.8 Å². The van der Waals surface area contributed by atoms with E-state index in [9.17, 15) is 0 Å². The van der Waals surface area contributed by atoms with Gasteiger partial charge in [0.15, 0.2) is 0 Å². The number of hydrogen-bond donors (Lipinski definition) is 0. The Bertz CT molecular complexity index is 924. The molecule has 2 aromatic carbocycles.